The first kappa shape index (κ1) is 12.8. The lowest BCUT2D eigenvalue weighted by Gasteiger charge is -2.14. The molecule has 0 spiro atoms. The summed E-state index contributed by atoms with van der Waals surface area (Å²) >= 11 is 1.61. The first-order chi connectivity index (χ1) is 8.17. The minimum Gasteiger partial charge on any atom is -0.395 e. The molecule has 4 nitrogen and oxygen atoms in total. The van der Waals surface area contributed by atoms with Crippen LogP contribution in [0.4, 0.5) is 0 Å². The van der Waals surface area contributed by atoms with Crippen LogP contribution in [0, 0.1) is 13.8 Å². The van der Waals surface area contributed by atoms with Gasteiger partial charge in [-0.2, -0.15) is 0 Å². The van der Waals surface area contributed by atoms with E-state index >= 15 is 0 Å². The Bertz CT molecular complexity index is 362. The average Bonchev–Trinajstić information content (AvgIpc) is 3.06. The van der Waals surface area contributed by atoms with Crippen molar-refractivity contribution in [2.75, 3.05) is 12.4 Å². The van der Waals surface area contributed by atoms with Gasteiger partial charge in [0.2, 0.25) is 0 Å². The number of nitrogens with one attached hydrogen (secondary N) is 1. The van der Waals surface area contributed by atoms with Gasteiger partial charge in [0.1, 0.15) is 0 Å². The van der Waals surface area contributed by atoms with E-state index in [2.05, 4.69) is 15.3 Å². The number of aliphatic hydroxyl groups is 1. The molecule has 1 atom stereocenters. The molecule has 1 aromatic rings. The van der Waals surface area contributed by atoms with Crippen molar-refractivity contribution in [1.82, 2.24) is 15.3 Å². The van der Waals surface area contributed by atoms with E-state index in [1.54, 1.807) is 11.8 Å². The van der Waals surface area contributed by atoms with Gasteiger partial charge in [-0.15, -0.1) is 0 Å². The van der Waals surface area contributed by atoms with Gasteiger partial charge < -0.3 is 10.4 Å². The molecule has 1 unspecified atom stereocenters. The Morgan fingerprint density at radius 1 is 1.41 bits per heavy atom. The molecule has 1 fully saturated rings. The minimum atomic E-state index is 0.150. The third kappa shape index (κ3) is 4.26. The predicted molar refractivity (Wildman–Crippen MR) is 69.3 cm³/mol. The summed E-state index contributed by atoms with van der Waals surface area (Å²) in [6.45, 7) is 4.13. The van der Waals surface area contributed by atoms with E-state index in [0.717, 1.165) is 22.3 Å². The summed E-state index contributed by atoms with van der Waals surface area (Å²) in [5, 5.41) is 13.5. The van der Waals surface area contributed by atoms with Crippen LogP contribution in [0.25, 0.3) is 0 Å². The van der Waals surface area contributed by atoms with Crippen molar-refractivity contribution in [3.63, 3.8) is 0 Å². The van der Waals surface area contributed by atoms with Crippen LogP contribution in [0.15, 0.2) is 11.2 Å². The molecule has 5 heteroatoms. The Hall–Kier alpha value is -0.650. The maximum atomic E-state index is 9.27. The third-order valence-electron chi connectivity index (χ3n) is 2.64. The van der Waals surface area contributed by atoms with E-state index in [-0.39, 0.29) is 12.6 Å². The Morgan fingerprint density at radius 2 is 2.06 bits per heavy atom. The van der Waals surface area contributed by atoms with Crippen LogP contribution in [0.1, 0.15) is 24.2 Å². The number of hydrogen-bond donors (Lipinski definition) is 2. The Kier molecular flexibility index (Phi) is 4.36. The van der Waals surface area contributed by atoms with Crippen molar-refractivity contribution < 1.29 is 5.11 Å². The summed E-state index contributed by atoms with van der Waals surface area (Å²) in [6.07, 6.45) is 2.47. The Morgan fingerprint density at radius 3 is 2.59 bits per heavy atom. The number of nitrogens with zero attached hydrogens (tertiary/aromatic N) is 2. The van der Waals surface area contributed by atoms with Crippen LogP contribution in [0.3, 0.4) is 0 Å². The molecule has 0 aliphatic heterocycles. The first-order valence-electron chi connectivity index (χ1n) is 5.99. The summed E-state index contributed by atoms with van der Waals surface area (Å²) in [4.78, 5) is 8.75. The molecule has 0 amide bonds. The topological polar surface area (TPSA) is 58.0 Å². The van der Waals surface area contributed by atoms with E-state index in [4.69, 9.17) is 0 Å². The molecule has 1 aliphatic carbocycles. The number of aliphatic hydroxyl groups excluding tert-OH is 1. The van der Waals surface area contributed by atoms with E-state index < -0.39 is 0 Å². The monoisotopic (exact) mass is 253 g/mol. The molecule has 2 N–H and O–H groups in total. The SMILES string of the molecule is Cc1cc(C)nc(SCC(CO)NC2CC2)n1. The molecule has 0 saturated heterocycles. The number of hydrogen-bond acceptors (Lipinski definition) is 5. The third-order valence-corrected chi connectivity index (χ3v) is 3.65. The number of rotatable bonds is 6. The van der Waals surface area contributed by atoms with Gasteiger partial charge in [-0.1, -0.05) is 11.8 Å². The second-order valence-corrected chi connectivity index (χ2v) is 5.55. The van der Waals surface area contributed by atoms with Gasteiger partial charge in [-0.05, 0) is 32.8 Å². The molecule has 0 radical (unpaired) electrons. The second kappa shape index (κ2) is 5.80. The van der Waals surface area contributed by atoms with Crippen molar-refractivity contribution in [2.24, 2.45) is 0 Å². The highest BCUT2D eigenvalue weighted by atomic mass is 32.2. The summed E-state index contributed by atoms with van der Waals surface area (Å²) in [7, 11) is 0. The van der Waals surface area contributed by atoms with Gasteiger partial charge in [0.05, 0.1) is 6.61 Å². The summed E-state index contributed by atoms with van der Waals surface area (Å²) in [5.74, 6) is 0.815. The van der Waals surface area contributed by atoms with Gasteiger partial charge in [0, 0.05) is 29.2 Å². The van der Waals surface area contributed by atoms with E-state index in [0.29, 0.717) is 6.04 Å². The number of aryl methyl sites for hydroxylation is 2. The minimum absolute atomic E-state index is 0.150. The fourth-order valence-electron chi connectivity index (χ4n) is 1.67. The molecule has 0 aromatic carbocycles. The highest BCUT2D eigenvalue weighted by Crippen LogP contribution is 2.21. The number of thioether (sulfide) groups is 1. The van der Waals surface area contributed by atoms with Gasteiger partial charge in [0.25, 0.3) is 0 Å². The van der Waals surface area contributed by atoms with E-state index in [1.165, 1.54) is 12.8 Å². The highest BCUT2D eigenvalue weighted by molar-refractivity contribution is 7.99. The van der Waals surface area contributed by atoms with E-state index in [9.17, 15) is 5.11 Å². The zero-order valence-electron chi connectivity index (χ0n) is 10.3. The van der Waals surface area contributed by atoms with Gasteiger partial charge in [-0.3, -0.25) is 0 Å². The second-order valence-electron chi connectivity index (χ2n) is 4.56. The summed E-state index contributed by atoms with van der Waals surface area (Å²) in [5.41, 5.74) is 1.99. The highest BCUT2D eigenvalue weighted by Gasteiger charge is 2.24. The molecule has 0 bridgehead atoms. The molecule has 94 valence electrons. The van der Waals surface area contributed by atoms with Crippen molar-refractivity contribution in [3.05, 3.63) is 17.5 Å². The maximum absolute atomic E-state index is 9.27. The lowest BCUT2D eigenvalue weighted by atomic mass is 10.3. The first-order valence-corrected chi connectivity index (χ1v) is 6.98. The van der Waals surface area contributed by atoms with Crippen LogP contribution >= 0.6 is 11.8 Å². The normalized spacial score (nSPS) is 17.1. The Labute approximate surface area is 106 Å². The molecule has 2 rings (SSSR count). The molecular weight excluding hydrogens is 234 g/mol. The van der Waals surface area contributed by atoms with Crippen molar-refractivity contribution in [2.45, 2.75) is 43.9 Å². The zero-order chi connectivity index (χ0) is 12.3. The predicted octanol–water partition coefficient (Wildman–Crippen LogP) is 1.30. The molecule has 1 saturated carbocycles. The van der Waals surface area contributed by atoms with Crippen LogP contribution in [-0.4, -0.2) is 39.5 Å². The van der Waals surface area contributed by atoms with Crippen molar-refractivity contribution in [1.29, 1.82) is 0 Å². The molecule has 1 aliphatic rings. The smallest absolute Gasteiger partial charge is 0.188 e. The zero-order valence-corrected chi connectivity index (χ0v) is 11.1. The maximum Gasteiger partial charge on any atom is 0.188 e. The molecule has 1 aromatic heterocycles. The van der Waals surface area contributed by atoms with Crippen LogP contribution in [0.2, 0.25) is 0 Å². The largest absolute Gasteiger partial charge is 0.395 e. The van der Waals surface area contributed by atoms with Crippen molar-refractivity contribution in [3.8, 4) is 0 Å². The van der Waals surface area contributed by atoms with Crippen molar-refractivity contribution >= 4 is 11.8 Å². The van der Waals surface area contributed by atoms with Crippen LogP contribution < -0.4 is 5.32 Å². The average molecular weight is 253 g/mol. The quantitative estimate of drug-likeness (QED) is 0.591. The lowest BCUT2D eigenvalue weighted by Crippen LogP contribution is -2.36. The van der Waals surface area contributed by atoms with Crippen LogP contribution in [0.5, 0.6) is 0 Å². The fourth-order valence-corrected chi connectivity index (χ4v) is 2.64. The fraction of sp³-hybridized carbons (Fsp3) is 0.667. The van der Waals surface area contributed by atoms with E-state index in [1.807, 2.05) is 19.9 Å². The van der Waals surface area contributed by atoms with Gasteiger partial charge in [0.15, 0.2) is 5.16 Å². The Balaban J connectivity index is 1.86. The summed E-state index contributed by atoms with van der Waals surface area (Å²) in [6, 6.07) is 2.74. The van der Waals surface area contributed by atoms with Gasteiger partial charge >= 0.3 is 0 Å². The standard InChI is InChI=1S/C12H19N3OS/c1-8-5-9(2)14-12(13-8)17-7-11(6-16)15-10-3-4-10/h5,10-11,15-16H,3-4,6-7H2,1-2H3. The molecular formula is C12H19N3OS. The number of aromatic nitrogens is 2. The molecule has 1 heterocycles. The lowest BCUT2D eigenvalue weighted by molar-refractivity contribution is 0.253. The van der Waals surface area contributed by atoms with Gasteiger partial charge in [-0.25, -0.2) is 9.97 Å². The molecule has 17 heavy (non-hydrogen) atoms. The summed E-state index contributed by atoms with van der Waals surface area (Å²) < 4.78 is 0. The van der Waals surface area contributed by atoms with Crippen LogP contribution in [-0.2, 0) is 0 Å².